The predicted molar refractivity (Wildman–Crippen MR) is 209 cm³/mol. The van der Waals surface area contributed by atoms with Crippen LogP contribution in [-0.4, -0.2) is 11.6 Å². The van der Waals surface area contributed by atoms with Crippen LogP contribution < -0.4 is 4.90 Å². The van der Waals surface area contributed by atoms with Gasteiger partial charge in [-0.1, -0.05) is 119 Å². The Morgan fingerprint density at radius 1 is 0.490 bits per heavy atom. The van der Waals surface area contributed by atoms with E-state index in [4.69, 9.17) is 0 Å². The maximum absolute atomic E-state index is 13.6. The number of hydrogen-bond acceptors (Lipinski definition) is 3. The summed E-state index contributed by atoms with van der Waals surface area (Å²) in [7, 11) is 0. The highest BCUT2D eigenvalue weighted by Gasteiger charge is 2.43. The van der Waals surface area contributed by atoms with Gasteiger partial charge in [0.1, 0.15) is 0 Å². The van der Waals surface area contributed by atoms with E-state index in [1.54, 1.807) is 6.08 Å². The fourth-order valence-electron chi connectivity index (χ4n) is 9.12. The van der Waals surface area contributed by atoms with Crippen LogP contribution in [0.15, 0.2) is 139 Å². The molecular weight excluding hydrogens is 623 g/mol. The summed E-state index contributed by atoms with van der Waals surface area (Å²) in [5.74, 6) is -0.416. The molecular formula is C48H35NO2. The summed E-state index contributed by atoms with van der Waals surface area (Å²) in [6.45, 7) is 9.38. The van der Waals surface area contributed by atoms with E-state index in [1.165, 1.54) is 39.1 Å². The van der Waals surface area contributed by atoms with E-state index in [0.29, 0.717) is 11.1 Å². The Kier molecular flexibility index (Phi) is 5.99. The number of Topliss-reactive ketones (excluding diaryl/α,β-unsaturated/α-hetero) is 2. The first-order valence-electron chi connectivity index (χ1n) is 17.7. The lowest BCUT2D eigenvalue weighted by Crippen LogP contribution is -2.31. The molecule has 0 spiro atoms. The lowest BCUT2D eigenvalue weighted by atomic mass is 9.70. The van der Waals surface area contributed by atoms with E-state index < -0.39 is 0 Å². The van der Waals surface area contributed by atoms with Gasteiger partial charge in [0.05, 0.1) is 16.9 Å². The maximum atomic E-state index is 13.6. The number of anilines is 3. The Balaban J connectivity index is 1.14. The molecule has 0 saturated carbocycles. The number of nitrogens with zero attached hydrogens (tertiary/aromatic N) is 1. The molecule has 0 aromatic heterocycles. The van der Waals surface area contributed by atoms with Gasteiger partial charge in [-0.2, -0.15) is 0 Å². The molecule has 0 fully saturated rings. The van der Waals surface area contributed by atoms with Gasteiger partial charge in [0.25, 0.3) is 0 Å². The van der Waals surface area contributed by atoms with Gasteiger partial charge < -0.3 is 4.90 Å². The van der Waals surface area contributed by atoms with Gasteiger partial charge in [0.2, 0.25) is 0 Å². The first kappa shape index (κ1) is 29.8. The number of hydrogen-bond donors (Lipinski definition) is 0. The van der Waals surface area contributed by atoms with Crippen molar-refractivity contribution in [3.8, 4) is 11.1 Å². The van der Waals surface area contributed by atoms with Crippen molar-refractivity contribution < 1.29 is 9.59 Å². The first-order chi connectivity index (χ1) is 24.6. The van der Waals surface area contributed by atoms with Crippen LogP contribution in [0.5, 0.6) is 0 Å². The van der Waals surface area contributed by atoms with E-state index in [-0.39, 0.29) is 28.0 Å². The van der Waals surface area contributed by atoms with Gasteiger partial charge in [-0.15, -0.1) is 0 Å². The zero-order chi connectivity index (χ0) is 34.8. The second kappa shape index (κ2) is 10.2. The van der Waals surface area contributed by atoms with Crippen LogP contribution in [0.2, 0.25) is 0 Å². The van der Waals surface area contributed by atoms with E-state index in [0.717, 1.165) is 38.5 Å². The molecule has 3 aliphatic rings. The number of ketones is 2. The Bertz CT molecular complexity index is 2670. The fraction of sp³-hybridized carbons (Fsp3) is 0.125. The molecule has 7 aromatic carbocycles. The number of fused-ring (bicyclic) bond motifs is 9. The molecule has 0 atom stereocenters. The number of para-hydroxylation sites is 1. The van der Waals surface area contributed by atoms with Gasteiger partial charge in [-0.05, 0) is 109 Å². The van der Waals surface area contributed by atoms with Crippen LogP contribution in [-0.2, 0) is 10.8 Å². The van der Waals surface area contributed by atoms with Gasteiger partial charge in [-0.25, -0.2) is 0 Å². The van der Waals surface area contributed by atoms with Crippen molar-refractivity contribution >= 4 is 56.2 Å². The molecule has 0 saturated heterocycles. The highest BCUT2D eigenvalue weighted by molar-refractivity contribution is 6.42. The molecule has 0 unspecified atom stereocenters. The maximum Gasteiger partial charge on any atom is 0.197 e. The average Bonchev–Trinajstić information content (AvgIpc) is 3.51. The topological polar surface area (TPSA) is 37.4 Å². The molecule has 2 aliphatic carbocycles. The molecule has 3 nitrogen and oxygen atoms in total. The third kappa shape index (κ3) is 4.06. The van der Waals surface area contributed by atoms with Crippen molar-refractivity contribution in [2.45, 2.75) is 38.5 Å². The summed E-state index contributed by atoms with van der Waals surface area (Å²) in [6.07, 6.45) is 1.77. The zero-order valence-corrected chi connectivity index (χ0v) is 29.0. The number of carbonyl (C=O) groups excluding carboxylic acids is 2. The molecule has 0 radical (unpaired) electrons. The zero-order valence-electron chi connectivity index (χ0n) is 29.0. The molecule has 0 bridgehead atoms. The van der Waals surface area contributed by atoms with Crippen LogP contribution >= 0.6 is 0 Å². The van der Waals surface area contributed by atoms with Crippen molar-refractivity contribution in [1.82, 2.24) is 0 Å². The van der Waals surface area contributed by atoms with Gasteiger partial charge >= 0.3 is 0 Å². The van der Waals surface area contributed by atoms with Crippen LogP contribution in [0.25, 0.3) is 38.7 Å². The number of allylic oxidation sites excluding steroid dienone is 1. The van der Waals surface area contributed by atoms with E-state index >= 15 is 0 Å². The van der Waals surface area contributed by atoms with Crippen molar-refractivity contribution in [3.05, 3.63) is 178 Å². The summed E-state index contributed by atoms with van der Waals surface area (Å²) < 4.78 is 0. The highest BCUT2D eigenvalue weighted by atomic mass is 16.2. The highest BCUT2D eigenvalue weighted by Crippen LogP contribution is 2.58. The summed E-state index contributed by atoms with van der Waals surface area (Å²) in [5, 5.41) is 4.15. The van der Waals surface area contributed by atoms with Crippen molar-refractivity contribution in [2.75, 3.05) is 4.90 Å². The smallest absolute Gasteiger partial charge is 0.197 e. The minimum absolute atomic E-state index is 0.114. The third-order valence-corrected chi connectivity index (χ3v) is 11.7. The summed E-state index contributed by atoms with van der Waals surface area (Å²) >= 11 is 0. The molecule has 1 heterocycles. The largest absolute Gasteiger partial charge is 0.310 e. The van der Waals surface area contributed by atoms with Crippen LogP contribution in [0, 0.1) is 0 Å². The molecule has 244 valence electrons. The quantitative estimate of drug-likeness (QED) is 0.137. The molecule has 10 rings (SSSR count). The number of rotatable bonds is 2. The lowest BCUT2D eigenvalue weighted by molar-refractivity contribution is 0.0990. The molecule has 51 heavy (non-hydrogen) atoms. The molecule has 0 N–H and O–H groups in total. The third-order valence-electron chi connectivity index (χ3n) is 11.7. The molecule has 0 amide bonds. The molecule has 3 heteroatoms. The Labute approximate surface area is 297 Å². The monoisotopic (exact) mass is 657 g/mol. The average molecular weight is 658 g/mol. The lowest BCUT2D eigenvalue weighted by Gasteiger charge is -2.43. The van der Waals surface area contributed by atoms with Crippen LogP contribution in [0.4, 0.5) is 17.1 Å². The normalized spacial score (nSPS) is 16.2. The Hall–Kier alpha value is -6.06. The minimum Gasteiger partial charge on any atom is -0.310 e. The van der Waals surface area contributed by atoms with Gasteiger partial charge in [-0.3, -0.25) is 9.59 Å². The predicted octanol–water partition coefficient (Wildman–Crippen LogP) is 11.9. The summed E-state index contributed by atoms with van der Waals surface area (Å²) in [4.78, 5) is 29.6. The van der Waals surface area contributed by atoms with E-state index in [2.05, 4.69) is 130 Å². The van der Waals surface area contributed by atoms with Gasteiger partial charge in [0.15, 0.2) is 11.6 Å². The number of carbonyl (C=O) groups is 2. The SMILES string of the molecule is CC1(C)c2ccccc2-c2cc3c(cc21)C(C)(C)c1c(ccc2cc(C=C4C(=O)c5cc6ccccc6cc5C4=O)ccc12)N3c1ccccc1. The first-order valence-corrected chi connectivity index (χ1v) is 17.7. The van der Waals surface area contributed by atoms with Crippen LogP contribution in [0.1, 0.15) is 76.2 Å². The summed E-state index contributed by atoms with van der Waals surface area (Å²) in [6, 6.07) is 46.7. The van der Waals surface area contributed by atoms with Gasteiger partial charge in [0, 0.05) is 27.6 Å². The van der Waals surface area contributed by atoms with Crippen molar-refractivity contribution in [2.24, 2.45) is 0 Å². The van der Waals surface area contributed by atoms with Crippen molar-refractivity contribution in [1.29, 1.82) is 0 Å². The molecule has 1 aliphatic heterocycles. The standard InChI is InChI=1S/C48H35NO2/c1-47(2)39-17-11-10-16-34(39)35-26-43-41(27-40(35)47)48(3,4)44-33-20-18-28(22-31(33)19-21-42(44)49(43)32-14-6-5-7-15-32)23-38-45(50)36-24-29-12-8-9-13-30(29)25-37(36)46(38)51/h5-27H,1-4H3. The van der Waals surface area contributed by atoms with Crippen LogP contribution in [0.3, 0.4) is 0 Å². The Morgan fingerprint density at radius 2 is 1.16 bits per heavy atom. The van der Waals surface area contributed by atoms with E-state index in [9.17, 15) is 9.59 Å². The van der Waals surface area contributed by atoms with Crippen molar-refractivity contribution in [3.63, 3.8) is 0 Å². The second-order valence-electron chi connectivity index (χ2n) is 15.3. The second-order valence-corrected chi connectivity index (χ2v) is 15.3. The fourth-order valence-corrected chi connectivity index (χ4v) is 9.12. The van der Waals surface area contributed by atoms with E-state index in [1.807, 2.05) is 36.4 Å². The molecule has 7 aromatic rings. The number of benzene rings is 7. The Morgan fingerprint density at radius 3 is 1.88 bits per heavy atom. The minimum atomic E-state index is -0.323. The summed E-state index contributed by atoms with van der Waals surface area (Å²) in [5.41, 5.74) is 13.0.